The Balaban J connectivity index is 1.83. The summed E-state index contributed by atoms with van der Waals surface area (Å²) in [5.74, 6) is 0.216. The van der Waals surface area contributed by atoms with Crippen molar-refractivity contribution in [2.24, 2.45) is 0 Å². The average Bonchev–Trinajstić information content (AvgIpc) is 2.62. The van der Waals surface area contributed by atoms with Crippen LogP contribution in [0.1, 0.15) is 44.2 Å². The smallest absolute Gasteiger partial charge is 0.136 e. The monoisotopic (exact) mass is 247 g/mol. The molecule has 3 heteroatoms. The third-order valence-corrected chi connectivity index (χ3v) is 4.40. The van der Waals surface area contributed by atoms with Crippen LogP contribution >= 0.6 is 0 Å². The summed E-state index contributed by atoms with van der Waals surface area (Å²) in [4.78, 5) is 14.1. The number of halogens is 1. The van der Waals surface area contributed by atoms with Crippen LogP contribution in [-0.4, -0.2) is 22.8 Å². The summed E-state index contributed by atoms with van der Waals surface area (Å²) >= 11 is 0. The van der Waals surface area contributed by atoms with E-state index in [9.17, 15) is 9.18 Å². The first-order valence-electron chi connectivity index (χ1n) is 6.70. The minimum Gasteiger partial charge on any atom is -0.300 e. The molecule has 0 saturated carbocycles. The molecule has 2 saturated heterocycles. The molecule has 3 atom stereocenters. The van der Waals surface area contributed by atoms with Crippen molar-refractivity contribution in [2.45, 2.75) is 50.7 Å². The van der Waals surface area contributed by atoms with Crippen LogP contribution in [0.2, 0.25) is 0 Å². The lowest BCUT2D eigenvalue weighted by molar-refractivity contribution is -0.124. The van der Waals surface area contributed by atoms with E-state index in [1.165, 1.54) is 12.1 Å². The summed E-state index contributed by atoms with van der Waals surface area (Å²) in [5.41, 5.74) is 1.14. The molecule has 2 heterocycles. The van der Waals surface area contributed by atoms with Crippen LogP contribution in [-0.2, 0) is 4.79 Å². The van der Waals surface area contributed by atoms with Crippen molar-refractivity contribution in [2.75, 3.05) is 0 Å². The highest BCUT2D eigenvalue weighted by Gasteiger charge is 2.42. The largest absolute Gasteiger partial charge is 0.300 e. The normalized spacial score (nSPS) is 29.6. The van der Waals surface area contributed by atoms with Gasteiger partial charge in [-0.05, 0) is 37.5 Å². The number of hydrogen-bond acceptors (Lipinski definition) is 2. The molecule has 0 aliphatic carbocycles. The predicted octanol–water partition coefficient (Wildman–Crippen LogP) is 3.08. The molecule has 0 aromatic heterocycles. The van der Waals surface area contributed by atoms with Gasteiger partial charge in [-0.3, -0.25) is 9.69 Å². The maximum atomic E-state index is 13.0. The van der Waals surface area contributed by atoms with Crippen molar-refractivity contribution < 1.29 is 9.18 Å². The molecule has 96 valence electrons. The third-order valence-electron chi connectivity index (χ3n) is 4.40. The van der Waals surface area contributed by atoms with E-state index >= 15 is 0 Å². The maximum absolute atomic E-state index is 13.0. The fourth-order valence-electron chi connectivity index (χ4n) is 3.55. The number of piperidine rings is 1. The molecular formula is C15H18FNO. The Hall–Kier alpha value is -1.22. The summed E-state index contributed by atoms with van der Waals surface area (Å²) in [6.45, 7) is 2.16. The first-order valence-corrected chi connectivity index (χ1v) is 6.70. The Kier molecular flexibility index (Phi) is 2.94. The Bertz CT molecular complexity index is 440. The highest BCUT2D eigenvalue weighted by Crippen LogP contribution is 2.40. The zero-order valence-electron chi connectivity index (χ0n) is 10.6. The minimum atomic E-state index is -0.192. The highest BCUT2D eigenvalue weighted by molar-refractivity contribution is 5.81. The number of carbonyl (C=O) groups is 1. The first-order chi connectivity index (χ1) is 8.65. The van der Waals surface area contributed by atoms with Gasteiger partial charge in [0.15, 0.2) is 0 Å². The van der Waals surface area contributed by atoms with Crippen LogP contribution in [0.15, 0.2) is 24.3 Å². The highest BCUT2D eigenvalue weighted by atomic mass is 19.1. The molecule has 1 aromatic rings. The molecule has 1 aromatic carbocycles. The van der Waals surface area contributed by atoms with Crippen molar-refractivity contribution in [3.8, 4) is 0 Å². The van der Waals surface area contributed by atoms with Crippen LogP contribution in [0, 0.1) is 5.82 Å². The summed E-state index contributed by atoms with van der Waals surface area (Å²) in [6.07, 6.45) is 3.65. The zero-order valence-corrected chi connectivity index (χ0v) is 10.6. The summed E-state index contributed by atoms with van der Waals surface area (Å²) in [6, 6.07) is 7.82. The molecule has 18 heavy (non-hydrogen) atoms. The SMILES string of the molecule is CC(c1ccc(F)cc1)N1C2CCC1CC(=O)C2. The summed E-state index contributed by atoms with van der Waals surface area (Å²) in [7, 11) is 0. The maximum Gasteiger partial charge on any atom is 0.136 e. The second-order valence-electron chi connectivity index (χ2n) is 5.51. The van der Waals surface area contributed by atoms with Gasteiger partial charge in [0.2, 0.25) is 0 Å². The Morgan fingerprint density at radius 3 is 2.28 bits per heavy atom. The van der Waals surface area contributed by atoms with Crippen molar-refractivity contribution in [3.05, 3.63) is 35.6 Å². The number of fused-ring (bicyclic) bond motifs is 2. The number of ketones is 1. The van der Waals surface area contributed by atoms with Gasteiger partial charge >= 0.3 is 0 Å². The van der Waals surface area contributed by atoms with Crippen LogP contribution in [0.5, 0.6) is 0 Å². The fourth-order valence-corrected chi connectivity index (χ4v) is 3.55. The lowest BCUT2D eigenvalue weighted by Crippen LogP contribution is -2.44. The lowest BCUT2D eigenvalue weighted by Gasteiger charge is -2.38. The van der Waals surface area contributed by atoms with Gasteiger partial charge in [-0.1, -0.05) is 12.1 Å². The quantitative estimate of drug-likeness (QED) is 0.800. The molecule has 0 amide bonds. The van der Waals surface area contributed by atoms with Crippen molar-refractivity contribution >= 4 is 5.78 Å². The molecular weight excluding hydrogens is 229 g/mol. The van der Waals surface area contributed by atoms with Crippen LogP contribution in [0.3, 0.4) is 0 Å². The molecule has 0 radical (unpaired) electrons. The van der Waals surface area contributed by atoms with Crippen LogP contribution in [0.4, 0.5) is 4.39 Å². The number of nitrogens with zero attached hydrogens (tertiary/aromatic N) is 1. The van der Waals surface area contributed by atoms with Gasteiger partial charge in [-0.15, -0.1) is 0 Å². The van der Waals surface area contributed by atoms with E-state index < -0.39 is 0 Å². The molecule has 2 fully saturated rings. The van der Waals surface area contributed by atoms with Crippen LogP contribution < -0.4 is 0 Å². The number of benzene rings is 1. The van der Waals surface area contributed by atoms with E-state index in [0.717, 1.165) is 18.4 Å². The Morgan fingerprint density at radius 1 is 1.17 bits per heavy atom. The van der Waals surface area contributed by atoms with E-state index in [2.05, 4.69) is 11.8 Å². The number of hydrogen-bond donors (Lipinski definition) is 0. The van der Waals surface area contributed by atoms with Gasteiger partial charge < -0.3 is 0 Å². The second kappa shape index (κ2) is 4.47. The molecule has 2 nitrogen and oxygen atoms in total. The topological polar surface area (TPSA) is 20.3 Å². The minimum absolute atomic E-state index is 0.192. The van der Waals surface area contributed by atoms with E-state index in [1.54, 1.807) is 0 Å². The van der Waals surface area contributed by atoms with Crippen LogP contribution in [0.25, 0.3) is 0 Å². The van der Waals surface area contributed by atoms with E-state index in [0.29, 0.717) is 30.7 Å². The average molecular weight is 247 g/mol. The molecule has 2 aliphatic heterocycles. The van der Waals surface area contributed by atoms with Crippen molar-refractivity contribution in [1.82, 2.24) is 4.90 Å². The summed E-state index contributed by atoms with van der Waals surface area (Å²) < 4.78 is 13.0. The zero-order chi connectivity index (χ0) is 12.7. The number of carbonyl (C=O) groups excluding carboxylic acids is 1. The standard InChI is InChI=1S/C15H18FNO/c1-10(11-2-4-12(16)5-3-11)17-13-6-7-14(17)9-15(18)8-13/h2-5,10,13-14H,6-9H2,1H3. The number of rotatable bonds is 2. The number of Topliss-reactive ketones (excluding diaryl/α,β-unsaturated/α-hetero) is 1. The van der Waals surface area contributed by atoms with Gasteiger partial charge in [0.1, 0.15) is 11.6 Å². The van der Waals surface area contributed by atoms with Gasteiger partial charge in [-0.25, -0.2) is 4.39 Å². The van der Waals surface area contributed by atoms with Crippen molar-refractivity contribution in [1.29, 1.82) is 0 Å². The molecule has 0 spiro atoms. The molecule has 0 N–H and O–H groups in total. The van der Waals surface area contributed by atoms with Crippen molar-refractivity contribution in [3.63, 3.8) is 0 Å². The van der Waals surface area contributed by atoms with Gasteiger partial charge in [-0.2, -0.15) is 0 Å². The molecule has 3 unspecified atom stereocenters. The van der Waals surface area contributed by atoms with E-state index in [1.807, 2.05) is 12.1 Å². The van der Waals surface area contributed by atoms with Gasteiger partial charge in [0.05, 0.1) is 0 Å². The molecule has 2 bridgehead atoms. The summed E-state index contributed by atoms with van der Waals surface area (Å²) in [5, 5.41) is 0. The Labute approximate surface area is 107 Å². The third kappa shape index (κ3) is 1.97. The lowest BCUT2D eigenvalue weighted by atomic mass is 9.96. The predicted molar refractivity (Wildman–Crippen MR) is 67.7 cm³/mol. The van der Waals surface area contributed by atoms with Gasteiger partial charge in [0, 0.05) is 31.0 Å². The molecule has 2 aliphatic rings. The fraction of sp³-hybridized carbons (Fsp3) is 0.533. The van der Waals surface area contributed by atoms with E-state index in [-0.39, 0.29) is 11.9 Å². The Morgan fingerprint density at radius 2 is 1.72 bits per heavy atom. The second-order valence-corrected chi connectivity index (χ2v) is 5.51. The first kappa shape index (κ1) is 11.8. The van der Waals surface area contributed by atoms with Gasteiger partial charge in [0.25, 0.3) is 0 Å². The van der Waals surface area contributed by atoms with E-state index in [4.69, 9.17) is 0 Å². The molecule has 3 rings (SSSR count).